The van der Waals surface area contributed by atoms with Crippen molar-refractivity contribution in [3.63, 3.8) is 0 Å². The van der Waals surface area contributed by atoms with Crippen molar-refractivity contribution < 1.29 is 9.13 Å². The molecule has 1 saturated carbocycles. The topological polar surface area (TPSA) is 21.3 Å². The molecule has 1 fully saturated rings. The predicted molar refractivity (Wildman–Crippen MR) is 61.6 cm³/mol. The molecule has 2 rings (SSSR count). The van der Waals surface area contributed by atoms with Gasteiger partial charge in [-0.25, -0.2) is 4.39 Å². The van der Waals surface area contributed by atoms with Crippen molar-refractivity contribution in [3.05, 3.63) is 35.6 Å². The molecule has 2 nitrogen and oxygen atoms in total. The molecule has 0 atom stereocenters. The first kappa shape index (κ1) is 11.6. The largest absolute Gasteiger partial charge is 0.374 e. The summed E-state index contributed by atoms with van der Waals surface area (Å²) in [6, 6.07) is 6.60. The number of halogens is 1. The summed E-state index contributed by atoms with van der Waals surface area (Å²) in [4.78, 5) is 0. The van der Waals surface area contributed by atoms with Gasteiger partial charge in [0.25, 0.3) is 0 Å². The molecule has 0 unspecified atom stereocenters. The van der Waals surface area contributed by atoms with Crippen molar-refractivity contribution in [1.29, 1.82) is 0 Å². The lowest BCUT2D eigenvalue weighted by Gasteiger charge is -2.35. The Morgan fingerprint density at radius 1 is 1.44 bits per heavy atom. The Bertz CT molecular complexity index is 336. The fraction of sp³-hybridized carbons (Fsp3) is 0.538. The first-order chi connectivity index (χ1) is 7.78. The summed E-state index contributed by atoms with van der Waals surface area (Å²) in [6.45, 7) is 1.59. The third kappa shape index (κ3) is 3.03. The highest BCUT2D eigenvalue weighted by atomic mass is 19.1. The van der Waals surface area contributed by atoms with Gasteiger partial charge in [-0.15, -0.1) is 0 Å². The van der Waals surface area contributed by atoms with Gasteiger partial charge in [-0.2, -0.15) is 0 Å². The molecule has 3 heteroatoms. The average molecular weight is 223 g/mol. The Labute approximate surface area is 95.8 Å². The SMILES string of the molecule is CNCC1CC(OCc2cccc(F)c2)C1. The van der Waals surface area contributed by atoms with E-state index in [0.29, 0.717) is 12.7 Å². The Morgan fingerprint density at radius 2 is 2.25 bits per heavy atom. The fourth-order valence-corrected chi connectivity index (χ4v) is 2.11. The summed E-state index contributed by atoms with van der Waals surface area (Å²) in [5.74, 6) is 0.560. The highest BCUT2D eigenvalue weighted by molar-refractivity contribution is 5.15. The maximum Gasteiger partial charge on any atom is 0.123 e. The van der Waals surface area contributed by atoms with Crippen LogP contribution >= 0.6 is 0 Å². The molecule has 88 valence electrons. The Hall–Kier alpha value is -0.930. The molecule has 0 saturated heterocycles. The number of ether oxygens (including phenoxy) is 1. The zero-order chi connectivity index (χ0) is 11.4. The number of rotatable bonds is 5. The summed E-state index contributed by atoms with van der Waals surface area (Å²) in [6.07, 6.45) is 2.60. The van der Waals surface area contributed by atoms with Gasteiger partial charge >= 0.3 is 0 Å². The van der Waals surface area contributed by atoms with Crippen LogP contribution in [-0.4, -0.2) is 19.7 Å². The third-order valence-electron chi connectivity index (χ3n) is 3.06. The molecule has 0 radical (unpaired) electrons. The van der Waals surface area contributed by atoms with Crippen molar-refractivity contribution in [2.45, 2.75) is 25.6 Å². The van der Waals surface area contributed by atoms with E-state index in [-0.39, 0.29) is 5.82 Å². The van der Waals surface area contributed by atoms with Gasteiger partial charge in [-0.3, -0.25) is 0 Å². The van der Waals surface area contributed by atoms with Crippen molar-refractivity contribution in [2.75, 3.05) is 13.6 Å². The number of nitrogens with one attached hydrogen (secondary N) is 1. The van der Waals surface area contributed by atoms with Crippen LogP contribution in [0.2, 0.25) is 0 Å². The Kier molecular flexibility index (Phi) is 3.91. The first-order valence-corrected chi connectivity index (χ1v) is 5.78. The highest BCUT2D eigenvalue weighted by Crippen LogP contribution is 2.30. The molecule has 1 aliphatic rings. The van der Waals surface area contributed by atoms with Gasteiger partial charge < -0.3 is 10.1 Å². The van der Waals surface area contributed by atoms with E-state index in [4.69, 9.17) is 4.74 Å². The van der Waals surface area contributed by atoms with Crippen LogP contribution in [0.3, 0.4) is 0 Å². The molecule has 0 heterocycles. The maximum absolute atomic E-state index is 12.9. The number of hydrogen-bond donors (Lipinski definition) is 1. The van der Waals surface area contributed by atoms with E-state index in [1.807, 2.05) is 13.1 Å². The molecular formula is C13H18FNO. The Balaban J connectivity index is 1.69. The van der Waals surface area contributed by atoms with E-state index in [2.05, 4.69) is 5.32 Å². The standard InChI is InChI=1S/C13H18FNO/c1-15-8-11-6-13(7-11)16-9-10-3-2-4-12(14)5-10/h2-5,11,13,15H,6-9H2,1H3. The van der Waals surface area contributed by atoms with Gasteiger partial charge in [0, 0.05) is 0 Å². The smallest absolute Gasteiger partial charge is 0.123 e. The molecule has 1 aromatic rings. The zero-order valence-corrected chi connectivity index (χ0v) is 9.58. The monoisotopic (exact) mass is 223 g/mol. The minimum absolute atomic E-state index is 0.192. The summed E-state index contributed by atoms with van der Waals surface area (Å²) < 4.78 is 18.6. The molecule has 0 aliphatic heterocycles. The summed E-state index contributed by atoms with van der Waals surface area (Å²) in [7, 11) is 1.97. The second-order valence-corrected chi connectivity index (χ2v) is 4.46. The van der Waals surface area contributed by atoms with E-state index >= 15 is 0 Å². The van der Waals surface area contributed by atoms with E-state index in [1.54, 1.807) is 6.07 Å². The molecule has 1 aromatic carbocycles. The molecule has 0 amide bonds. The van der Waals surface area contributed by atoms with Crippen LogP contribution in [0.5, 0.6) is 0 Å². The minimum Gasteiger partial charge on any atom is -0.374 e. The van der Waals surface area contributed by atoms with Gasteiger partial charge in [-0.05, 0) is 50.0 Å². The van der Waals surface area contributed by atoms with Crippen LogP contribution in [0.15, 0.2) is 24.3 Å². The summed E-state index contributed by atoms with van der Waals surface area (Å²) >= 11 is 0. The number of benzene rings is 1. The van der Waals surface area contributed by atoms with Gasteiger partial charge in [0.2, 0.25) is 0 Å². The normalized spacial score (nSPS) is 24.1. The molecule has 1 aliphatic carbocycles. The van der Waals surface area contributed by atoms with Crippen molar-refractivity contribution in [2.24, 2.45) is 5.92 Å². The number of hydrogen-bond acceptors (Lipinski definition) is 2. The maximum atomic E-state index is 12.9. The molecule has 0 spiro atoms. The van der Waals surface area contributed by atoms with E-state index in [9.17, 15) is 4.39 Å². The first-order valence-electron chi connectivity index (χ1n) is 5.78. The van der Waals surface area contributed by atoms with Gasteiger partial charge in [0.1, 0.15) is 5.82 Å². The second-order valence-electron chi connectivity index (χ2n) is 4.46. The van der Waals surface area contributed by atoms with Gasteiger partial charge in [0.05, 0.1) is 12.7 Å². The molecule has 0 aromatic heterocycles. The molecule has 16 heavy (non-hydrogen) atoms. The van der Waals surface area contributed by atoms with E-state index in [1.165, 1.54) is 12.1 Å². The molecule has 0 bridgehead atoms. The highest BCUT2D eigenvalue weighted by Gasteiger charge is 2.28. The lowest BCUT2D eigenvalue weighted by molar-refractivity contribution is -0.0391. The average Bonchev–Trinajstić information content (AvgIpc) is 2.21. The third-order valence-corrected chi connectivity index (χ3v) is 3.06. The van der Waals surface area contributed by atoms with Crippen LogP contribution in [0.4, 0.5) is 4.39 Å². The second kappa shape index (κ2) is 5.41. The lowest BCUT2D eigenvalue weighted by Crippen LogP contribution is -2.36. The molecular weight excluding hydrogens is 205 g/mol. The summed E-state index contributed by atoms with van der Waals surface area (Å²) in [5.41, 5.74) is 0.914. The van der Waals surface area contributed by atoms with E-state index < -0.39 is 0 Å². The fourth-order valence-electron chi connectivity index (χ4n) is 2.11. The van der Waals surface area contributed by atoms with Crippen LogP contribution in [-0.2, 0) is 11.3 Å². The minimum atomic E-state index is -0.192. The van der Waals surface area contributed by atoms with Crippen molar-refractivity contribution >= 4 is 0 Å². The van der Waals surface area contributed by atoms with Crippen molar-refractivity contribution in [1.82, 2.24) is 5.32 Å². The molecule has 1 N–H and O–H groups in total. The Morgan fingerprint density at radius 3 is 2.94 bits per heavy atom. The van der Waals surface area contributed by atoms with Gasteiger partial charge in [0.15, 0.2) is 0 Å². The van der Waals surface area contributed by atoms with Crippen LogP contribution in [0, 0.1) is 11.7 Å². The van der Waals surface area contributed by atoms with Crippen LogP contribution in [0.1, 0.15) is 18.4 Å². The summed E-state index contributed by atoms with van der Waals surface area (Å²) in [5, 5.41) is 3.17. The van der Waals surface area contributed by atoms with Crippen molar-refractivity contribution in [3.8, 4) is 0 Å². The van der Waals surface area contributed by atoms with Crippen LogP contribution in [0.25, 0.3) is 0 Å². The zero-order valence-electron chi connectivity index (χ0n) is 9.58. The van der Waals surface area contributed by atoms with Crippen LogP contribution < -0.4 is 5.32 Å². The predicted octanol–water partition coefficient (Wildman–Crippen LogP) is 2.34. The van der Waals surface area contributed by atoms with Gasteiger partial charge in [-0.1, -0.05) is 12.1 Å². The van der Waals surface area contributed by atoms with E-state index in [0.717, 1.165) is 30.9 Å². The quantitative estimate of drug-likeness (QED) is 0.827. The lowest BCUT2D eigenvalue weighted by atomic mass is 9.82.